The molecule has 198 valence electrons. The van der Waals surface area contributed by atoms with Gasteiger partial charge in [0.15, 0.2) is 0 Å². The number of rotatable bonds is 3. The number of anilines is 1. The van der Waals surface area contributed by atoms with E-state index in [1.807, 2.05) is 20.8 Å². The van der Waals surface area contributed by atoms with Crippen LogP contribution in [0.4, 0.5) is 23.2 Å². The third-order valence-electron chi connectivity index (χ3n) is 6.62. The van der Waals surface area contributed by atoms with E-state index in [9.17, 15) is 27.6 Å². The lowest BCUT2D eigenvalue weighted by Crippen LogP contribution is -2.49. The maximum Gasteiger partial charge on any atom is 0.491 e. The van der Waals surface area contributed by atoms with Crippen LogP contribution in [0.2, 0.25) is 5.02 Å². The Labute approximate surface area is 223 Å². The first-order chi connectivity index (χ1) is 17.1. The van der Waals surface area contributed by atoms with E-state index in [-0.39, 0.29) is 17.0 Å². The largest absolute Gasteiger partial charge is 0.491 e. The number of hydrogen-bond acceptors (Lipinski definition) is 5. The van der Waals surface area contributed by atoms with Crippen molar-refractivity contribution in [2.24, 2.45) is 5.41 Å². The molecule has 6 nitrogen and oxygen atoms in total. The zero-order valence-electron chi connectivity index (χ0n) is 19.8. The summed E-state index contributed by atoms with van der Waals surface area (Å²) in [5.41, 5.74) is -1.46. The molecule has 2 aliphatic rings. The summed E-state index contributed by atoms with van der Waals surface area (Å²) in [5.74, 6) is -7.22. The standard InChI is InChI=1S/C25H22BrClF4N2O4/c1-23(2,3)10-16-24(13-8-7-11(26)9-15(13)32-21(24)35)17(12-5-4-6-14(27)18(12)28)19(33-16)20(34)37-22(36)25(29,30)31/h4-9,16-17,19,33H,10H2,1-3H3,(H,32,35)/t16-,17-,19-,24?/m0/s1. The lowest BCUT2D eigenvalue weighted by Gasteiger charge is -2.37. The molecule has 4 atom stereocenters. The van der Waals surface area contributed by atoms with Gasteiger partial charge in [0.25, 0.3) is 0 Å². The Hall–Kier alpha value is -2.50. The van der Waals surface area contributed by atoms with Crippen LogP contribution in [-0.2, 0) is 24.5 Å². The summed E-state index contributed by atoms with van der Waals surface area (Å²) in [6.45, 7) is 5.64. The Morgan fingerprint density at radius 3 is 2.46 bits per heavy atom. The van der Waals surface area contributed by atoms with Crippen LogP contribution >= 0.6 is 27.5 Å². The number of carbonyl (C=O) groups excluding carboxylic acids is 3. The van der Waals surface area contributed by atoms with Crippen molar-refractivity contribution in [2.45, 2.75) is 56.8 Å². The molecule has 1 saturated heterocycles. The van der Waals surface area contributed by atoms with Crippen LogP contribution in [0, 0.1) is 11.2 Å². The van der Waals surface area contributed by atoms with E-state index in [2.05, 4.69) is 31.3 Å². The number of amides is 1. The van der Waals surface area contributed by atoms with Gasteiger partial charge in [0.2, 0.25) is 5.91 Å². The zero-order valence-corrected chi connectivity index (χ0v) is 22.1. The summed E-state index contributed by atoms with van der Waals surface area (Å²) in [6.07, 6.45) is -5.18. The van der Waals surface area contributed by atoms with Gasteiger partial charge >= 0.3 is 18.1 Å². The second-order valence-corrected chi connectivity index (χ2v) is 11.6. The monoisotopic (exact) mass is 604 g/mol. The van der Waals surface area contributed by atoms with E-state index in [0.717, 1.165) is 0 Å². The van der Waals surface area contributed by atoms with Crippen LogP contribution in [0.25, 0.3) is 0 Å². The van der Waals surface area contributed by atoms with Crippen molar-refractivity contribution in [3.63, 3.8) is 0 Å². The van der Waals surface area contributed by atoms with Crippen molar-refractivity contribution in [2.75, 3.05) is 5.32 Å². The average molecular weight is 606 g/mol. The third kappa shape index (κ3) is 4.77. The number of fused-ring (bicyclic) bond motifs is 2. The second-order valence-electron chi connectivity index (χ2n) is 10.3. The Bertz CT molecular complexity index is 1300. The van der Waals surface area contributed by atoms with Crippen molar-refractivity contribution >= 4 is 51.1 Å². The fourth-order valence-electron chi connectivity index (χ4n) is 5.34. The topological polar surface area (TPSA) is 84.5 Å². The molecule has 2 aliphatic heterocycles. The zero-order chi connectivity index (χ0) is 27.5. The van der Waals surface area contributed by atoms with Gasteiger partial charge in [-0.05, 0) is 41.2 Å². The minimum atomic E-state index is -5.43. The van der Waals surface area contributed by atoms with Crippen molar-refractivity contribution in [3.8, 4) is 0 Å². The molecule has 1 amide bonds. The van der Waals surface area contributed by atoms with Crippen molar-refractivity contribution in [1.29, 1.82) is 0 Å². The summed E-state index contributed by atoms with van der Waals surface area (Å²) in [6, 6.07) is 6.37. The van der Waals surface area contributed by atoms with E-state index < -0.39 is 58.7 Å². The highest BCUT2D eigenvalue weighted by molar-refractivity contribution is 9.10. The number of halogens is 6. The molecule has 0 aromatic heterocycles. The van der Waals surface area contributed by atoms with Crippen LogP contribution in [0.15, 0.2) is 40.9 Å². The summed E-state index contributed by atoms with van der Waals surface area (Å²) < 4.78 is 59.1. The molecule has 0 saturated carbocycles. The van der Waals surface area contributed by atoms with Gasteiger partial charge in [0.05, 0.1) is 5.02 Å². The maximum atomic E-state index is 15.5. The maximum absolute atomic E-state index is 15.5. The molecule has 2 aromatic carbocycles. The molecule has 1 spiro atoms. The van der Waals surface area contributed by atoms with Gasteiger partial charge in [-0.2, -0.15) is 13.2 Å². The quantitative estimate of drug-likeness (QED) is 0.270. The highest BCUT2D eigenvalue weighted by Gasteiger charge is 2.67. The molecule has 0 aliphatic carbocycles. The predicted molar refractivity (Wildman–Crippen MR) is 131 cm³/mol. The summed E-state index contributed by atoms with van der Waals surface area (Å²) in [7, 11) is 0. The van der Waals surface area contributed by atoms with Crippen molar-refractivity contribution < 1.29 is 36.7 Å². The summed E-state index contributed by atoms with van der Waals surface area (Å²) in [5, 5.41) is 5.42. The van der Waals surface area contributed by atoms with Crippen molar-refractivity contribution in [1.82, 2.24) is 5.32 Å². The fraction of sp³-hybridized carbons (Fsp3) is 0.400. The molecule has 12 heteroatoms. The third-order valence-corrected chi connectivity index (χ3v) is 7.40. The van der Waals surface area contributed by atoms with Gasteiger partial charge < -0.3 is 10.1 Å². The van der Waals surface area contributed by atoms with E-state index in [1.54, 1.807) is 18.2 Å². The van der Waals surface area contributed by atoms with Crippen LogP contribution in [-0.4, -0.2) is 36.1 Å². The number of carbonyl (C=O) groups is 3. The molecule has 4 rings (SSSR count). The molecule has 0 bridgehead atoms. The first kappa shape index (κ1) is 27.5. The van der Waals surface area contributed by atoms with Crippen LogP contribution in [0.1, 0.15) is 44.2 Å². The van der Waals surface area contributed by atoms with Gasteiger partial charge in [0.1, 0.15) is 17.3 Å². The molecule has 2 N–H and O–H groups in total. The number of hydrogen-bond donors (Lipinski definition) is 2. The van der Waals surface area contributed by atoms with Crippen molar-refractivity contribution in [3.05, 3.63) is 62.8 Å². The van der Waals surface area contributed by atoms with E-state index in [1.165, 1.54) is 18.2 Å². The predicted octanol–water partition coefficient (Wildman–Crippen LogP) is 5.62. The minimum Gasteiger partial charge on any atom is -0.385 e. The summed E-state index contributed by atoms with van der Waals surface area (Å²) in [4.78, 5) is 38.5. The van der Waals surface area contributed by atoms with Crippen LogP contribution in [0.3, 0.4) is 0 Å². The molecule has 1 unspecified atom stereocenters. The Morgan fingerprint density at radius 2 is 1.84 bits per heavy atom. The van der Waals surface area contributed by atoms with Crippen LogP contribution < -0.4 is 10.6 Å². The van der Waals surface area contributed by atoms with Gasteiger partial charge in [0, 0.05) is 22.1 Å². The molecule has 1 fully saturated rings. The number of esters is 2. The lowest BCUT2D eigenvalue weighted by molar-refractivity contribution is -0.202. The normalized spacial score (nSPS) is 25.2. The molecular weight excluding hydrogens is 584 g/mol. The second kappa shape index (κ2) is 9.36. The molecule has 0 radical (unpaired) electrons. The molecule has 2 heterocycles. The number of nitrogens with one attached hydrogen (secondary N) is 2. The molecular formula is C25H22BrClF4N2O4. The molecule has 37 heavy (non-hydrogen) atoms. The smallest absolute Gasteiger partial charge is 0.385 e. The first-order valence-electron chi connectivity index (χ1n) is 11.2. The Morgan fingerprint density at radius 1 is 1.16 bits per heavy atom. The molecule has 2 aromatic rings. The highest BCUT2D eigenvalue weighted by Crippen LogP contribution is 2.57. The lowest BCUT2D eigenvalue weighted by atomic mass is 9.62. The Kier molecular flexibility index (Phi) is 6.96. The van der Waals surface area contributed by atoms with E-state index in [0.29, 0.717) is 15.7 Å². The SMILES string of the molecule is CC(C)(C)C[C@@H]1N[C@H](C(=O)OC(=O)C(F)(F)F)[C@H](c2cccc(Cl)c2F)C12C(=O)Nc1cc(Br)ccc12. The highest BCUT2D eigenvalue weighted by atomic mass is 79.9. The van der Waals surface area contributed by atoms with E-state index in [4.69, 9.17) is 11.6 Å². The number of alkyl halides is 3. The van der Waals surface area contributed by atoms with Gasteiger partial charge in [-0.3, -0.25) is 10.1 Å². The Balaban J connectivity index is 1.98. The first-order valence-corrected chi connectivity index (χ1v) is 12.4. The minimum absolute atomic E-state index is 0.177. The van der Waals surface area contributed by atoms with E-state index >= 15 is 4.39 Å². The average Bonchev–Trinajstić information content (AvgIpc) is 3.23. The van der Waals surface area contributed by atoms with Gasteiger partial charge in [-0.15, -0.1) is 0 Å². The van der Waals surface area contributed by atoms with Gasteiger partial charge in [-0.1, -0.05) is 66.5 Å². The van der Waals surface area contributed by atoms with Gasteiger partial charge in [-0.25, -0.2) is 14.0 Å². The fourth-order valence-corrected chi connectivity index (χ4v) is 5.89. The number of ether oxygens (including phenoxy) is 1. The van der Waals surface area contributed by atoms with Crippen LogP contribution in [0.5, 0.6) is 0 Å². The summed E-state index contributed by atoms with van der Waals surface area (Å²) >= 11 is 9.38. The number of benzene rings is 2.